The molecule has 0 atom stereocenters. The summed E-state index contributed by atoms with van der Waals surface area (Å²) in [4.78, 5) is 0. The van der Waals surface area contributed by atoms with E-state index in [-0.39, 0.29) is 5.82 Å². The molecule has 0 radical (unpaired) electrons. The molecule has 0 saturated heterocycles. The normalized spacial score (nSPS) is 11.4. The maximum absolute atomic E-state index is 9.58. The predicted octanol–water partition coefficient (Wildman–Crippen LogP) is 0.284. The number of rotatable bonds is 2. The van der Waals surface area contributed by atoms with Crippen molar-refractivity contribution in [1.29, 1.82) is 0 Å². The molecule has 0 fully saturated rings. The summed E-state index contributed by atoms with van der Waals surface area (Å²) in [7, 11) is 0. The monoisotopic (exact) mass is 101 g/mol. The molecular weight excluding hydrogens is 92.1 g/mol. The van der Waals surface area contributed by atoms with E-state index in [4.69, 9.17) is 5.73 Å². The van der Waals surface area contributed by atoms with Crippen LogP contribution in [0.15, 0.2) is 11.9 Å². The number of nitrogens with one attached hydrogen (secondary N) is 1. The summed E-state index contributed by atoms with van der Waals surface area (Å²) in [6.07, 6.45) is 2.41. The first-order chi connectivity index (χ1) is 3.31. The van der Waals surface area contributed by atoms with Crippen LogP contribution >= 0.6 is 0 Å². The summed E-state index contributed by atoms with van der Waals surface area (Å²) in [5.41, 5.74) is 6.58. The zero-order chi connectivity index (χ0) is 5.70. The van der Waals surface area contributed by atoms with Gasteiger partial charge in [-0.15, -0.1) is 0 Å². The van der Waals surface area contributed by atoms with E-state index in [2.05, 4.69) is 0 Å². The minimum atomic E-state index is 0.197. The fraction of sp³-hybridized carbons (Fsp3) is 0.500. The molecule has 0 bridgehead atoms. The highest BCUT2D eigenvalue weighted by atomic mass is 16.5. The molecule has 3 N–H and O–H groups in total. The zero-order valence-corrected chi connectivity index (χ0v) is 4.27. The Morgan fingerprint density at radius 3 is 2.71 bits per heavy atom. The van der Waals surface area contributed by atoms with Crippen LogP contribution in [-0.4, -0.2) is 0 Å². The Labute approximate surface area is 42.8 Å². The number of hydroxylamine groups is 1. The van der Waals surface area contributed by atoms with E-state index in [1.807, 2.05) is 6.92 Å². The summed E-state index contributed by atoms with van der Waals surface area (Å²) in [5.74, 6) is 0.197. The predicted molar refractivity (Wildman–Crippen MR) is 29.1 cm³/mol. The Bertz CT molecular complexity index is 70.1. The molecule has 0 aliphatic rings. The molecule has 0 rings (SSSR count). The number of hydrogen-bond acceptors (Lipinski definition) is 3. The van der Waals surface area contributed by atoms with Crippen molar-refractivity contribution in [3.8, 4) is 0 Å². The molecule has 0 saturated carbocycles. The second-order valence-corrected chi connectivity index (χ2v) is 1.17. The first-order valence-electron chi connectivity index (χ1n) is 2.15. The van der Waals surface area contributed by atoms with Crippen LogP contribution in [0.5, 0.6) is 0 Å². The van der Waals surface area contributed by atoms with Crippen LogP contribution in [0.4, 0.5) is 0 Å². The molecule has 3 nitrogen and oxygen atoms in total. The molecule has 0 aliphatic heterocycles. The van der Waals surface area contributed by atoms with E-state index in [1.54, 1.807) is 11.6 Å². The average Bonchev–Trinajstić information content (AvgIpc) is 1.68. The van der Waals surface area contributed by atoms with Gasteiger partial charge in [-0.2, -0.15) is 0 Å². The molecule has 0 spiro atoms. The van der Waals surface area contributed by atoms with Gasteiger partial charge in [0.15, 0.2) is 0 Å². The highest BCUT2D eigenvalue weighted by Crippen LogP contribution is 1.79. The van der Waals surface area contributed by atoms with Gasteiger partial charge in [0, 0.05) is 0 Å². The third-order valence-electron chi connectivity index (χ3n) is 0.542. The molecule has 0 heterocycles. The van der Waals surface area contributed by atoms with Crippen LogP contribution in [-0.2, 0) is 0 Å². The number of nitrogens with two attached hydrogens (primary N) is 1. The Balaban J connectivity index is 3.29. The van der Waals surface area contributed by atoms with E-state index in [0.29, 0.717) is 0 Å². The summed E-state index contributed by atoms with van der Waals surface area (Å²) < 4.78 is 0. The Kier molecular flexibility index (Phi) is 3.14. The second-order valence-electron chi connectivity index (χ2n) is 1.17. The van der Waals surface area contributed by atoms with Crippen molar-refractivity contribution in [2.24, 2.45) is 5.73 Å². The van der Waals surface area contributed by atoms with Crippen molar-refractivity contribution in [2.75, 3.05) is 0 Å². The smallest absolute Gasteiger partial charge is 0.0810 e. The fourth-order valence-electron chi connectivity index (χ4n) is 0.262. The van der Waals surface area contributed by atoms with Crippen molar-refractivity contribution in [3.05, 3.63) is 17.1 Å². The van der Waals surface area contributed by atoms with Crippen LogP contribution in [0.2, 0.25) is 0 Å². The second kappa shape index (κ2) is 3.49. The zero-order valence-electron chi connectivity index (χ0n) is 4.27. The molecule has 3 heteroatoms. The standard InChI is InChI=1S/C4H9N2O/c1-2-3-4(5)6-7/h3,6H,2,5H2,1H3/q-1. The SMILES string of the molecule is CCC=C(N)N[O-]. The van der Waals surface area contributed by atoms with Gasteiger partial charge in [0.05, 0.1) is 5.82 Å². The third-order valence-corrected chi connectivity index (χ3v) is 0.542. The Morgan fingerprint density at radius 2 is 2.57 bits per heavy atom. The Morgan fingerprint density at radius 1 is 2.00 bits per heavy atom. The van der Waals surface area contributed by atoms with Gasteiger partial charge in [-0.25, -0.2) is 0 Å². The highest BCUT2D eigenvalue weighted by molar-refractivity contribution is 4.92. The van der Waals surface area contributed by atoms with Gasteiger partial charge in [0.25, 0.3) is 0 Å². The summed E-state index contributed by atoms with van der Waals surface area (Å²) in [5, 5.41) is 9.58. The van der Waals surface area contributed by atoms with Crippen LogP contribution in [0.1, 0.15) is 13.3 Å². The van der Waals surface area contributed by atoms with Crippen molar-refractivity contribution < 1.29 is 0 Å². The van der Waals surface area contributed by atoms with E-state index in [1.165, 1.54) is 0 Å². The van der Waals surface area contributed by atoms with Crippen LogP contribution in [0.3, 0.4) is 0 Å². The molecule has 0 aliphatic carbocycles. The van der Waals surface area contributed by atoms with Crippen molar-refractivity contribution in [1.82, 2.24) is 5.48 Å². The average molecular weight is 101 g/mol. The summed E-state index contributed by atoms with van der Waals surface area (Å²) >= 11 is 0. The lowest BCUT2D eigenvalue weighted by atomic mass is 10.4. The van der Waals surface area contributed by atoms with Crippen LogP contribution in [0.25, 0.3) is 0 Å². The summed E-state index contributed by atoms with van der Waals surface area (Å²) in [6.45, 7) is 1.91. The van der Waals surface area contributed by atoms with Gasteiger partial charge in [-0.05, 0) is 12.5 Å². The first-order valence-corrected chi connectivity index (χ1v) is 2.15. The molecule has 42 valence electrons. The lowest BCUT2D eigenvalue weighted by molar-refractivity contribution is 1.00. The van der Waals surface area contributed by atoms with Crippen molar-refractivity contribution in [3.63, 3.8) is 0 Å². The molecular formula is C4H9N2O-. The minimum absolute atomic E-state index is 0.197. The van der Waals surface area contributed by atoms with Crippen molar-refractivity contribution >= 4 is 0 Å². The maximum atomic E-state index is 9.58. The van der Waals surface area contributed by atoms with Gasteiger partial charge in [-0.3, -0.25) is 0 Å². The molecule has 0 aromatic heterocycles. The number of hydrogen-bond donors (Lipinski definition) is 2. The van der Waals surface area contributed by atoms with Crippen LogP contribution < -0.4 is 11.2 Å². The molecule has 0 amide bonds. The van der Waals surface area contributed by atoms with E-state index >= 15 is 0 Å². The van der Waals surface area contributed by atoms with E-state index in [0.717, 1.165) is 6.42 Å². The third kappa shape index (κ3) is 3.12. The molecule has 7 heavy (non-hydrogen) atoms. The Hall–Kier alpha value is -0.700. The summed E-state index contributed by atoms with van der Waals surface area (Å²) in [6, 6.07) is 0. The highest BCUT2D eigenvalue weighted by Gasteiger charge is 1.70. The largest absolute Gasteiger partial charge is 0.760 e. The van der Waals surface area contributed by atoms with E-state index < -0.39 is 0 Å². The lowest BCUT2D eigenvalue weighted by Gasteiger charge is -2.06. The quantitative estimate of drug-likeness (QED) is 0.491. The fourth-order valence-corrected chi connectivity index (χ4v) is 0.262. The van der Waals surface area contributed by atoms with Gasteiger partial charge in [-0.1, -0.05) is 6.92 Å². The van der Waals surface area contributed by atoms with E-state index in [9.17, 15) is 5.21 Å². The van der Waals surface area contributed by atoms with Gasteiger partial charge in [0.2, 0.25) is 0 Å². The molecule has 0 unspecified atom stereocenters. The van der Waals surface area contributed by atoms with Gasteiger partial charge < -0.3 is 16.4 Å². The number of allylic oxidation sites excluding steroid dienone is 1. The van der Waals surface area contributed by atoms with Crippen molar-refractivity contribution in [2.45, 2.75) is 13.3 Å². The molecule has 0 aromatic carbocycles. The minimum Gasteiger partial charge on any atom is -0.760 e. The molecule has 0 aromatic rings. The lowest BCUT2D eigenvalue weighted by Crippen LogP contribution is -2.11. The topological polar surface area (TPSA) is 61.1 Å². The van der Waals surface area contributed by atoms with Gasteiger partial charge in [0.1, 0.15) is 0 Å². The first kappa shape index (κ1) is 6.30. The maximum Gasteiger partial charge on any atom is 0.0810 e. The van der Waals surface area contributed by atoms with Gasteiger partial charge >= 0.3 is 0 Å². The van der Waals surface area contributed by atoms with Crippen LogP contribution in [0, 0.1) is 5.21 Å².